The Morgan fingerprint density at radius 2 is 2.04 bits per heavy atom. The third-order valence-corrected chi connectivity index (χ3v) is 5.94. The van der Waals surface area contributed by atoms with Crippen molar-refractivity contribution in [1.29, 1.82) is 0 Å². The number of aliphatic hydroxyl groups excluding tert-OH is 1. The molecular weight excluding hydrogens is 322 g/mol. The van der Waals surface area contributed by atoms with Gasteiger partial charge in [-0.2, -0.15) is 0 Å². The number of benzene rings is 1. The molecule has 1 fully saturated rings. The predicted octanol–water partition coefficient (Wildman–Crippen LogP) is 3.83. The number of urea groups is 1. The van der Waals surface area contributed by atoms with E-state index in [4.69, 9.17) is 0 Å². The summed E-state index contributed by atoms with van der Waals surface area (Å²) in [5, 5.41) is 13.1. The fourth-order valence-electron chi connectivity index (χ4n) is 3.05. The first-order chi connectivity index (χ1) is 11.7. The van der Waals surface area contributed by atoms with Gasteiger partial charge in [0.05, 0.1) is 4.88 Å². The largest absolute Gasteiger partial charge is 0.396 e. The quantitative estimate of drug-likeness (QED) is 0.885. The molecule has 0 radical (unpaired) electrons. The van der Waals surface area contributed by atoms with E-state index in [1.165, 1.54) is 11.3 Å². The molecule has 0 unspecified atom stereocenters. The van der Waals surface area contributed by atoms with Gasteiger partial charge in [-0.3, -0.25) is 5.32 Å². The highest BCUT2D eigenvalue weighted by Crippen LogP contribution is 2.34. The van der Waals surface area contributed by atoms with Gasteiger partial charge >= 0.3 is 6.03 Å². The van der Waals surface area contributed by atoms with E-state index in [1.807, 2.05) is 35.2 Å². The molecule has 2 aromatic rings. The number of hydrogen-bond acceptors (Lipinski definition) is 4. The summed E-state index contributed by atoms with van der Waals surface area (Å²) in [6.45, 7) is 3.66. The maximum absolute atomic E-state index is 12.4. The van der Waals surface area contributed by atoms with E-state index in [1.54, 1.807) is 6.20 Å². The highest BCUT2D eigenvalue weighted by molar-refractivity contribution is 7.19. The molecule has 5 nitrogen and oxygen atoms in total. The standard InChI is InChI=1S/C18H23N3O2S/c1-2-18(13-22)8-10-21(11-9-18)17(23)20-16-19-12-15(24-16)14-6-4-3-5-7-14/h3-7,12,22H,2,8-11,13H2,1H3,(H,19,20,23). The number of amides is 2. The van der Waals surface area contributed by atoms with Gasteiger partial charge < -0.3 is 10.0 Å². The van der Waals surface area contributed by atoms with Crippen LogP contribution in [0.15, 0.2) is 36.5 Å². The lowest BCUT2D eigenvalue weighted by Gasteiger charge is -2.40. The maximum Gasteiger partial charge on any atom is 0.323 e. The molecule has 1 aromatic heterocycles. The van der Waals surface area contributed by atoms with Gasteiger partial charge in [0.2, 0.25) is 0 Å². The van der Waals surface area contributed by atoms with Crippen molar-refractivity contribution in [3.8, 4) is 10.4 Å². The number of carbonyl (C=O) groups is 1. The Balaban J connectivity index is 1.59. The van der Waals surface area contributed by atoms with Gasteiger partial charge in [0.25, 0.3) is 0 Å². The van der Waals surface area contributed by atoms with Crippen molar-refractivity contribution in [3.05, 3.63) is 36.5 Å². The second-order valence-corrected chi connectivity index (χ2v) is 7.36. The van der Waals surface area contributed by atoms with Gasteiger partial charge in [-0.05, 0) is 30.2 Å². The number of nitrogens with zero attached hydrogens (tertiary/aromatic N) is 2. The van der Waals surface area contributed by atoms with Crippen molar-refractivity contribution in [2.24, 2.45) is 5.41 Å². The normalized spacial score (nSPS) is 16.8. The lowest BCUT2D eigenvalue weighted by atomic mass is 9.77. The number of aliphatic hydroxyl groups is 1. The summed E-state index contributed by atoms with van der Waals surface area (Å²) in [6, 6.07) is 9.91. The van der Waals surface area contributed by atoms with E-state index >= 15 is 0 Å². The molecule has 0 saturated carbocycles. The summed E-state index contributed by atoms with van der Waals surface area (Å²) in [4.78, 5) is 19.6. The van der Waals surface area contributed by atoms with Crippen molar-refractivity contribution in [2.75, 3.05) is 25.0 Å². The Labute approximate surface area is 146 Å². The van der Waals surface area contributed by atoms with Crippen LogP contribution in [0.1, 0.15) is 26.2 Å². The van der Waals surface area contributed by atoms with Gasteiger partial charge in [0, 0.05) is 25.9 Å². The maximum atomic E-state index is 12.4. The van der Waals surface area contributed by atoms with E-state index < -0.39 is 0 Å². The first kappa shape index (κ1) is 16.9. The summed E-state index contributed by atoms with van der Waals surface area (Å²) in [6.07, 6.45) is 4.44. The topological polar surface area (TPSA) is 65.5 Å². The minimum atomic E-state index is -0.105. The fraction of sp³-hybridized carbons (Fsp3) is 0.444. The number of anilines is 1. The van der Waals surface area contributed by atoms with Crippen molar-refractivity contribution in [2.45, 2.75) is 26.2 Å². The number of likely N-dealkylation sites (tertiary alicyclic amines) is 1. The molecule has 0 bridgehead atoms. The lowest BCUT2D eigenvalue weighted by Crippen LogP contribution is -2.46. The zero-order valence-corrected chi connectivity index (χ0v) is 14.7. The minimum absolute atomic E-state index is 0.0154. The van der Waals surface area contributed by atoms with Gasteiger partial charge in [-0.25, -0.2) is 9.78 Å². The van der Waals surface area contributed by atoms with Crippen LogP contribution < -0.4 is 5.32 Å². The molecule has 6 heteroatoms. The average molecular weight is 345 g/mol. The SMILES string of the molecule is CCC1(CO)CCN(C(=O)Nc2ncc(-c3ccccc3)s2)CC1. The van der Waals surface area contributed by atoms with Crippen molar-refractivity contribution < 1.29 is 9.90 Å². The average Bonchev–Trinajstić information content (AvgIpc) is 3.11. The van der Waals surface area contributed by atoms with Crippen molar-refractivity contribution in [1.82, 2.24) is 9.88 Å². The molecule has 2 N–H and O–H groups in total. The predicted molar refractivity (Wildman–Crippen MR) is 97.2 cm³/mol. The molecule has 2 amide bonds. The Morgan fingerprint density at radius 1 is 1.33 bits per heavy atom. The van der Waals surface area contributed by atoms with Gasteiger partial charge in [0.15, 0.2) is 5.13 Å². The number of rotatable bonds is 4. The molecule has 1 aliphatic rings. The Hall–Kier alpha value is -1.92. The van der Waals surface area contributed by atoms with E-state index in [-0.39, 0.29) is 18.1 Å². The summed E-state index contributed by atoms with van der Waals surface area (Å²) in [5.74, 6) is 0. The first-order valence-electron chi connectivity index (χ1n) is 8.34. The molecule has 0 atom stereocenters. The summed E-state index contributed by atoms with van der Waals surface area (Å²) < 4.78 is 0. The summed E-state index contributed by atoms with van der Waals surface area (Å²) in [5.41, 5.74) is 1.09. The molecule has 1 aromatic carbocycles. The van der Waals surface area contributed by atoms with Gasteiger partial charge in [0.1, 0.15) is 0 Å². The van der Waals surface area contributed by atoms with Crippen LogP contribution in [0.3, 0.4) is 0 Å². The molecule has 0 spiro atoms. The molecule has 1 aliphatic heterocycles. The molecule has 3 rings (SSSR count). The van der Waals surface area contributed by atoms with Crippen LogP contribution in [0.5, 0.6) is 0 Å². The van der Waals surface area contributed by atoms with Crippen LogP contribution in [0.4, 0.5) is 9.93 Å². The Kier molecular flexibility index (Phi) is 5.16. The van der Waals surface area contributed by atoms with Crippen LogP contribution >= 0.6 is 11.3 Å². The molecule has 1 saturated heterocycles. The van der Waals surface area contributed by atoms with Gasteiger partial charge in [-0.1, -0.05) is 48.6 Å². The molecule has 128 valence electrons. The first-order valence-corrected chi connectivity index (χ1v) is 9.15. The monoisotopic (exact) mass is 345 g/mol. The highest BCUT2D eigenvalue weighted by atomic mass is 32.1. The Morgan fingerprint density at radius 3 is 2.67 bits per heavy atom. The van der Waals surface area contributed by atoms with Crippen molar-refractivity contribution in [3.63, 3.8) is 0 Å². The number of thiazole rings is 1. The van der Waals surface area contributed by atoms with Crippen LogP contribution in [-0.4, -0.2) is 40.7 Å². The summed E-state index contributed by atoms with van der Waals surface area (Å²) in [7, 11) is 0. The summed E-state index contributed by atoms with van der Waals surface area (Å²) >= 11 is 1.48. The van der Waals surface area contributed by atoms with E-state index in [0.717, 1.165) is 29.7 Å². The van der Waals surface area contributed by atoms with Crippen LogP contribution in [0.2, 0.25) is 0 Å². The fourth-order valence-corrected chi connectivity index (χ4v) is 3.86. The van der Waals surface area contributed by atoms with Crippen LogP contribution in [-0.2, 0) is 0 Å². The van der Waals surface area contributed by atoms with Crippen molar-refractivity contribution >= 4 is 22.5 Å². The van der Waals surface area contributed by atoms with E-state index in [2.05, 4.69) is 17.2 Å². The lowest BCUT2D eigenvalue weighted by molar-refractivity contribution is 0.0542. The number of nitrogens with one attached hydrogen (secondary N) is 1. The van der Waals surface area contributed by atoms with E-state index in [0.29, 0.717) is 18.2 Å². The minimum Gasteiger partial charge on any atom is -0.396 e. The Bertz CT molecular complexity index is 673. The van der Waals surface area contributed by atoms with Crippen LogP contribution in [0.25, 0.3) is 10.4 Å². The number of aromatic nitrogens is 1. The molecule has 24 heavy (non-hydrogen) atoms. The number of piperidine rings is 1. The molecular formula is C18H23N3O2S. The number of carbonyl (C=O) groups excluding carboxylic acids is 1. The smallest absolute Gasteiger partial charge is 0.323 e. The second-order valence-electron chi connectivity index (χ2n) is 6.32. The van der Waals surface area contributed by atoms with E-state index in [9.17, 15) is 9.90 Å². The highest BCUT2D eigenvalue weighted by Gasteiger charge is 2.34. The van der Waals surface area contributed by atoms with Crippen LogP contribution in [0, 0.1) is 5.41 Å². The third-order valence-electron chi connectivity index (χ3n) is 4.97. The number of hydrogen-bond donors (Lipinski definition) is 2. The zero-order chi connectivity index (χ0) is 17.0. The van der Waals surface area contributed by atoms with Gasteiger partial charge in [-0.15, -0.1) is 0 Å². The third kappa shape index (κ3) is 3.60. The zero-order valence-electron chi connectivity index (χ0n) is 13.9. The molecule has 0 aliphatic carbocycles. The second kappa shape index (κ2) is 7.32. The molecule has 2 heterocycles.